The number of carbonyl (C=O) groups is 2. The number of amides is 2. The number of nitrogens with one attached hydrogen (secondary N) is 1. The number of ether oxygens (including phenoxy) is 1. The predicted molar refractivity (Wildman–Crippen MR) is 182 cm³/mol. The van der Waals surface area contributed by atoms with Crippen molar-refractivity contribution in [2.45, 2.75) is 44.7 Å². The summed E-state index contributed by atoms with van der Waals surface area (Å²) in [6, 6.07) is 26.1. The van der Waals surface area contributed by atoms with Crippen LogP contribution >= 0.6 is 11.6 Å². The van der Waals surface area contributed by atoms with Gasteiger partial charge in [0.25, 0.3) is 10.0 Å². The highest BCUT2D eigenvalue weighted by Gasteiger charge is 2.35. The van der Waals surface area contributed by atoms with Gasteiger partial charge in [0.1, 0.15) is 24.2 Å². The summed E-state index contributed by atoms with van der Waals surface area (Å²) in [6.07, 6.45) is 0.164. The Bertz CT molecular complexity index is 1740. The molecule has 0 aromatic heterocycles. The van der Waals surface area contributed by atoms with E-state index in [-0.39, 0.29) is 47.7 Å². The van der Waals surface area contributed by atoms with Crippen LogP contribution < -0.4 is 14.4 Å². The van der Waals surface area contributed by atoms with Crippen LogP contribution in [0.15, 0.2) is 108 Å². The zero-order chi connectivity index (χ0) is 34.0. The van der Waals surface area contributed by atoms with Gasteiger partial charge < -0.3 is 15.0 Å². The van der Waals surface area contributed by atoms with Crippen molar-refractivity contribution in [2.75, 3.05) is 24.0 Å². The number of carbonyl (C=O) groups excluding carboxylic acids is 2. The van der Waals surface area contributed by atoms with Gasteiger partial charge in [-0.15, -0.1) is 0 Å². The molecule has 0 saturated heterocycles. The number of sulfonamides is 1. The van der Waals surface area contributed by atoms with Crippen LogP contribution in [0, 0.1) is 11.7 Å². The summed E-state index contributed by atoms with van der Waals surface area (Å²) in [5.74, 6) is -1.07. The van der Waals surface area contributed by atoms with E-state index in [2.05, 4.69) is 5.32 Å². The minimum atomic E-state index is -4.35. The number of anilines is 1. The molecule has 1 N–H and O–H groups in total. The zero-order valence-corrected chi connectivity index (χ0v) is 28.2. The Kier molecular flexibility index (Phi) is 12.4. The van der Waals surface area contributed by atoms with Crippen molar-refractivity contribution in [3.8, 4) is 5.75 Å². The Morgan fingerprint density at radius 1 is 0.872 bits per heavy atom. The third-order valence-corrected chi connectivity index (χ3v) is 9.36. The highest BCUT2D eigenvalue weighted by molar-refractivity contribution is 7.92. The molecule has 248 valence electrons. The van der Waals surface area contributed by atoms with Gasteiger partial charge in [0.05, 0.1) is 17.2 Å². The topological polar surface area (TPSA) is 96.0 Å². The van der Waals surface area contributed by atoms with Gasteiger partial charge in [-0.2, -0.15) is 0 Å². The highest BCUT2D eigenvalue weighted by atomic mass is 35.5. The number of benzene rings is 4. The van der Waals surface area contributed by atoms with Crippen LogP contribution in [-0.2, 0) is 32.6 Å². The second-order valence-corrected chi connectivity index (χ2v) is 13.7. The fourth-order valence-corrected chi connectivity index (χ4v) is 6.50. The first-order valence-corrected chi connectivity index (χ1v) is 17.2. The Morgan fingerprint density at radius 3 is 2.15 bits per heavy atom. The number of hydrogen-bond donors (Lipinski definition) is 1. The summed E-state index contributed by atoms with van der Waals surface area (Å²) < 4.78 is 49.2. The maximum Gasteiger partial charge on any atom is 0.264 e. The normalized spacial score (nSPS) is 12.0. The molecule has 0 radical (unpaired) electrons. The zero-order valence-electron chi connectivity index (χ0n) is 26.6. The molecule has 0 fully saturated rings. The fraction of sp³-hybridized carbons (Fsp3) is 0.278. The first kappa shape index (κ1) is 35.4. The van der Waals surface area contributed by atoms with Crippen LogP contribution in [-0.4, -0.2) is 50.9 Å². The average Bonchev–Trinajstić information content (AvgIpc) is 3.06. The van der Waals surface area contributed by atoms with E-state index in [9.17, 15) is 22.4 Å². The second-order valence-electron chi connectivity index (χ2n) is 11.4. The van der Waals surface area contributed by atoms with Crippen LogP contribution in [0.4, 0.5) is 10.1 Å². The summed E-state index contributed by atoms with van der Waals surface area (Å²) >= 11 is 6.06. The third-order valence-electron chi connectivity index (χ3n) is 7.34. The van der Waals surface area contributed by atoms with Crippen molar-refractivity contribution in [3.63, 3.8) is 0 Å². The summed E-state index contributed by atoms with van der Waals surface area (Å²) in [7, 11) is -4.35. The van der Waals surface area contributed by atoms with E-state index in [4.69, 9.17) is 16.3 Å². The molecule has 0 aliphatic carbocycles. The van der Waals surface area contributed by atoms with E-state index in [1.54, 1.807) is 31.2 Å². The monoisotopic (exact) mass is 679 g/mol. The van der Waals surface area contributed by atoms with Crippen molar-refractivity contribution in [2.24, 2.45) is 5.92 Å². The molecular weight excluding hydrogens is 641 g/mol. The van der Waals surface area contributed by atoms with Crippen molar-refractivity contribution in [3.05, 3.63) is 125 Å². The van der Waals surface area contributed by atoms with E-state index in [0.29, 0.717) is 17.1 Å². The lowest BCUT2D eigenvalue weighted by molar-refractivity contribution is -0.140. The maximum atomic E-state index is 14.6. The SMILES string of the molecule is CCOc1ccccc1N(CC(=O)N(Cc1ccc(F)cc1)[C@H](Cc1ccccc1)C(=O)NCC(C)C)S(=O)(=O)c1ccc(Cl)cc1. The van der Waals surface area contributed by atoms with E-state index in [1.165, 1.54) is 53.4 Å². The van der Waals surface area contributed by atoms with Crippen molar-refractivity contribution in [1.82, 2.24) is 10.2 Å². The van der Waals surface area contributed by atoms with Crippen LogP contribution in [0.1, 0.15) is 31.9 Å². The Hall–Kier alpha value is -4.41. The number of hydrogen-bond acceptors (Lipinski definition) is 5. The molecule has 4 aromatic carbocycles. The lowest BCUT2D eigenvalue weighted by Gasteiger charge is -2.34. The molecule has 0 unspecified atom stereocenters. The van der Waals surface area contributed by atoms with Crippen molar-refractivity contribution < 1.29 is 27.1 Å². The standard InChI is InChI=1S/C36H39ClFN3O5S/c1-4-46-34-13-9-8-12-32(34)41(47(44,45)31-20-16-29(37)17-21-31)25-35(42)40(24-28-14-18-30(38)19-15-28)33(36(43)39-23-26(2)3)22-27-10-6-5-7-11-27/h5-21,26,33H,4,22-25H2,1-3H3,(H,39,43)/t33-/m1/s1. The predicted octanol–water partition coefficient (Wildman–Crippen LogP) is 6.49. The Morgan fingerprint density at radius 2 is 1.51 bits per heavy atom. The molecule has 47 heavy (non-hydrogen) atoms. The molecule has 0 spiro atoms. The lowest BCUT2D eigenvalue weighted by atomic mass is 10.0. The minimum Gasteiger partial charge on any atom is -0.492 e. The largest absolute Gasteiger partial charge is 0.492 e. The molecule has 8 nitrogen and oxygen atoms in total. The van der Waals surface area contributed by atoms with Gasteiger partial charge in [0, 0.05) is 24.5 Å². The first-order valence-electron chi connectivity index (χ1n) is 15.3. The van der Waals surface area contributed by atoms with E-state index >= 15 is 0 Å². The Balaban J connectivity index is 1.83. The average molecular weight is 680 g/mol. The number of para-hydroxylation sites is 2. The summed E-state index contributed by atoms with van der Waals surface area (Å²) in [5, 5.41) is 3.30. The molecule has 1 atom stereocenters. The van der Waals surface area contributed by atoms with Gasteiger partial charge in [0.2, 0.25) is 11.8 Å². The van der Waals surface area contributed by atoms with Crippen LogP contribution in [0.3, 0.4) is 0 Å². The Labute approximate surface area is 281 Å². The second kappa shape index (κ2) is 16.4. The molecule has 4 aromatic rings. The highest BCUT2D eigenvalue weighted by Crippen LogP contribution is 2.33. The van der Waals surface area contributed by atoms with Crippen LogP contribution in [0.25, 0.3) is 0 Å². The molecular formula is C36H39ClFN3O5S. The number of nitrogens with zero attached hydrogens (tertiary/aromatic N) is 2. The number of rotatable bonds is 15. The molecule has 0 aliphatic rings. The molecule has 2 amide bonds. The molecule has 0 aliphatic heterocycles. The van der Waals surface area contributed by atoms with Gasteiger partial charge >= 0.3 is 0 Å². The smallest absolute Gasteiger partial charge is 0.264 e. The van der Waals surface area contributed by atoms with E-state index < -0.39 is 34.3 Å². The minimum absolute atomic E-state index is 0.0757. The molecule has 0 heterocycles. The van der Waals surface area contributed by atoms with Gasteiger partial charge in [-0.1, -0.05) is 80.0 Å². The van der Waals surface area contributed by atoms with Crippen LogP contribution in [0.2, 0.25) is 5.02 Å². The first-order chi connectivity index (χ1) is 22.5. The van der Waals surface area contributed by atoms with Crippen molar-refractivity contribution >= 4 is 39.1 Å². The number of halogens is 2. The van der Waals surface area contributed by atoms with Crippen molar-refractivity contribution in [1.29, 1.82) is 0 Å². The molecule has 0 bridgehead atoms. The fourth-order valence-electron chi connectivity index (χ4n) is 4.95. The summed E-state index contributed by atoms with van der Waals surface area (Å²) in [6.45, 7) is 5.60. The van der Waals surface area contributed by atoms with Gasteiger partial charge in [-0.25, -0.2) is 12.8 Å². The van der Waals surface area contributed by atoms with E-state index in [1.807, 2.05) is 44.2 Å². The van der Waals surface area contributed by atoms with E-state index in [0.717, 1.165) is 9.87 Å². The molecule has 4 rings (SSSR count). The lowest BCUT2D eigenvalue weighted by Crippen LogP contribution is -2.53. The van der Waals surface area contributed by atoms with Crippen LogP contribution in [0.5, 0.6) is 5.75 Å². The molecule has 0 saturated carbocycles. The van der Waals surface area contributed by atoms with Gasteiger partial charge in [-0.05, 0) is 72.5 Å². The maximum absolute atomic E-state index is 14.6. The van der Waals surface area contributed by atoms with Gasteiger partial charge in [0.15, 0.2) is 0 Å². The quantitative estimate of drug-likeness (QED) is 0.155. The molecule has 11 heteroatoms. The summed E-state index contributed by atoms with van der Waals surface area (Å²) in [5.41, 5.74) is 1.53. The van der Waals surface area contributed by atoms with Gasteiger partial charge in [-0.3, -0.25) is 13.9 Å². The third kappa shape index (κ3) is 9.56. The summed E-state index contributed by atoms with van der Waals surface area (Å²) in [4.78, 5) is 29.7.